The minimum Gasteiger partial charge on any atom is -0.337 e. The number of hydrogen-bond acceptors (Lipinski definition) is 6. The van der Waals surface area contributed by atoms with Gasteiger partial charge in [0.05, 0.1) is 23.9 Å². The van der Waals surface area contributed by atoms with Crippen molar-refractivity contribution in [3.63, 3.8) is 0 Å². The first-order valence-electron chi connectivity index (χ1n) is 7.69. The van der Waals surface area contributed by atoms with Gasteiger partial charge < -0.3 is 4.90 Å². The van der Waals surface area contributed by atoms with E-state index in [-0.39, 0.29) is 12.5 Å². The Bertz CT molecular complexity index is 948. The number of likely N-dealkylation sites (tertiary alicyclic amines) is 1. The van der Waals surface area contributed by atoms with Crippen LogP contribution in [-0.4, -0.2) is 55.1 Å². The van der Waals surface area contributed by atoms with Gasteiger partial charge in [0.1, 0.15) is 0 Å². The minimum atomic E-state index is -3.43. The van der Waals surface area contributed by atoms with Crippen LogP contribution < -0.4 is 4.31 Å². The van der Waals surface area contributed by atoms with E-state index in [9.17, 15) is 13.2 Å². The molecule has 0 N–H and O–H groups in total. The lowest BCUT2D eigenvalue weighted by molar-refractivity contribution is -0.133. The third-order valence-electron chi connectivity index (χ3n) is 4.50. The summed E-state index contributed by atoms with van der Waals surface area (Å²) >= 11 is 1.57. The molecule has 7 nitrogen and oxygen atoms in total. The van der Waals surface area contributed by atoms with E-state index in [0.717, 1.165) is 11.1 Å². The van der Waals surface area contributed by atoms with E-state index >= 15 is 0 Å². The van der Waals surface area contributed by atoms with Gasteiger partial charge in [-0.1, -0.05) is 6.07 Å². The third kappa shape index (κ3) is 2.73. The second-order valence-corrected chi connectivity index (χ2v) is 9.21. The van der Waals surface area contributed by atoms with Crippen molar-refractivity contribution in [3.05, 3.63) is 46.6 Å². The summed E-state index contributed by atoms with van der Waals surface area (Å²) in [6.07, 6.45) is 7.56. The molecule has 2 aliphatic heterocycles. The molecule has 1 fully saturated rings. The molecule has 0 radical (unpaired) electrons. The Hall–Kier alpha value is -2.26. The molecule has 1 saturated heterocycles. The minimum absolute atomic E-state index is 0.0812. The molecule has 4 heterocycles. The standard InChI is InChI=1S/C16H16N4O3S2/c1-25(22,23)20-11-16(14-15(20)18-7-6-17-14)9-19(10-16)13(21)5-4-12-3-2-8-24-12/h2-8H,9-11H2,1H3/b5-4+. The smallest absolute Gasteiger partial charge is 0.246 e. The highest BCUT2D eigenvalue weighted by molar-refractivity contribution is 7.92. The Balaban J connectivity index is 1.53. The van der Waals surface area contributed by atoms with Crippen molar-refractivity contribution in [2.75, 3.05) is 30.2 Å². The molecular weight excluding hydrogens is 360 g/mol. The molecule has 0 aliphatic carbocycles. The van der Waals surface area contributed by atoms with Gasteiger partial charge in [0.25, 0.3) is 0 Å². The summed E-state index contributed by atoms with van der Waals surface area (Å²) in [6.45, 7) is 1.17. The molecule has 130 valence electrons. The van der Waals surface area contributed by atoms with Crippen molar-refractivity contribution in [2.45, 2.75) is 5.41 Å². The number of hydrogen-bond donors (Lipinski definition) is 0. The van der Waals surface area contributed by atoms with Crippen LogP contribution in [0.2, 0.25) is 0 Å². The zero-order valence-electron chi connectivity index (χ0n) is 13.5. The lowest BCUT2D eigenvalue weighted by atomic mass is 9.78. The zero-order valence-corrected chi connectivity index (χ0v) is 15.1. The number of rotatable bonds is 3. The predicted molar refractivity (Wildman–Crippen MR) is 95.8 cm³/mol. The first kappa shape index (κ1) is 16.2. The second-order valence-electron chi connectivity index (χ2n) is 6.32. The third-order valence-corrected chi connectivity index (χ3v) is 6.44. The largest absolute Gasteiger partial charge is 0.337 e. The average molecular weight is 376 g/mol. The van der Waals surface area contributed by atoms with Gasteiger partial charge in [-0.15, -0.1) is 11.3 Å². The van der Waals surface area contributed by atoms with Crippen LogP contribution in [0.3, 0.4) is 0 Å². The lowest BCUT2D eigenvalue weighted by Crippen LogP contribution is -2.63. The van der Waals surface area contributed by atoms with Gasteiger partial charge in [-0.25, -0.2) is 13.4 Å². The number of fused-ring (bicyclic) bond motifs is 2. The lowest BCUT2D eigenvalue weighted by Gasteiger charge is -2.47. The topological polar surface area (TPSA) is 83.5 Å². The van der Waals surface area contributed by atoms with Crippen LogP contribution in [0.5, 0.6) is 0 Å². The van der Waals surface area contributed by atoms with E-state index in [1.165, 1.54) is 10.5 Å². The van der Waals surface area contributed by atoms with E-state index in [2.05, 4.69) is 9.97 Å². The Morgan fingerprint density at radius 3 is 2.72 bits per heavy atom. The van der Waals surface area contributed by atoms with Crippen LogP contribution in [0.25, 0.3) is 6.08 Å². The number of anilines is 1. The zero-order chi connectivity index (χ0) is 17.7. The fourth-order valence-corrected chi connectivity index (χ4v) is 4.87. The van der Waals surface area contributed by atoms with Crippen LogP contribution in [-0.2, 0) is 20.2 Å². The predicted octanol–water partition coefficient (Wildman–Crippen LogP) is 1.11. The normalized spacial score (nSPS) is 18.6. The molecule has 0 aromatic carbocycles. The van der Waals surface area contributed by atoms with Crippen LogP contribution in [0, 0.1) is 0 Å². The summed E-state index contributed by atoms with van der Waals surface area (Å²) in [5.41, 5.74) is 0.200. The number of carbonyl (C=O) groups excluding carboxylic acids is 1. The summed E-state index contributed by atoms with van der Waals surface area (Å²) in [6, 6.07) is 3.88. The molecule has 25 heavy (non-hydrogen) atoms. The molecular formula is C16H16N4O3S2. The Kier molecular flexibility index (Phi) is 3.66. The molecule has 1 amide bonds. The number of carbonyl (C=O) groups is 1. The molecule has 1 spiro atoms. The summed E-state index contributed by atoms with van der Waals surface area (Å²) < 4.78 is 25.4. The van der Waals surface area contributed by atoms with E-state index in [1.54, 1.807) is 34.6 Å². The first-order valence-corrected chi connectivity index (χ1v) is 10.4. The van der Waals surface area contributed by atoms with E-state index in [4.69, 9.17) is 0 Å². The molecule has 0 bridgehead atoms. The second kappa shape index (κ2) is 5.63. The SMILES string of the molecule is CS(=O)(=O)N1CC2(CN(C(=O)/C=C/c3cccs3)C2)c2nccnc21. The van der Waals surface area contributed by atoms with Gasteiger partial charge in [0, 0.05) is 36.4 Å². The average Bonchev–Trinajstić information content (AvgIpc) is 3.16. The van der Waals surface area contributed by atoms with Crippen LogP contribution in [0.1, 0.15) is 10.6 Å². The molecule has 2 aromatic heterocycles. The van der Waals surface area contributed by atoms with Crippen LogP contribution in [0.15, 0.2) is 36.0 Å². The number of thiophene rings is 1. The Labute approximate surface area is 149 Å². The maximum Gasteiger partial charge on any atom is 0.246 e. The molecule has 2 aliphatic rings. The molecule has 0 atom stereocenters. The molecule has 9 heteroatoms. The van der Waals surface area contributed by atoms with E-state index in [1.807, 2.05) is 17.5 Å². The van der Waals surface area contributed by atoms with Crippen molar-refractivity contribution in [2.24, 2.45) is 0 Å². The number of nitrogens with zero attached hydrogens (tertiary/aromatic N) is 4. The Morgan fingerprint density at radius 1 is 1.28 bits per heavy atom. The summed E-state index contributed by atoms with van der Waals surface area (Å²) in [5.74, 6) is 0.300. The summed E-state index contributed by atoms with van der Waals surface area (Å²) in [7, 11) is -3.43. The van der Waals surface area contributed by atoms with Crippen molar-refractivity contribution < 1.29 is 13.2 Å². The van der Waals surface area contributed by atoms with E-state index in [0.29, 0.717) is 24.6 Å². The number of aromatic nitrogens is 2. The van der Waals surface area contributed by atoms with Gasteiger partial charge in [-0.3, -0.25) is 14.1 Å². The molecule has 0 unspecified atom stereocenters. The maximum absolute atomic E-state index is 12.3. The number of sulfonamides is 1. The fraction of sp³-hybridized carbons (Fsp3) is 0.312. The van der Waals surface area contributed by atoms with Crippen molar-refractivity contribution in [1.29, 1.82) is 0 Å². The fourth-order valence-electron chi connectivity index (χ4n) is 3.32. The Morgan fingerprint density at radius 2 is 2.04 bits per heavy atom. The van der Waals surface area contributed by atoms with Gasteiger partial charge in [-0.05, 0) is 17.5 Å². The maximum atomic E-state index is 12.3. The van der Waals surface area contributed by atoms with Crippen LogP contribution in [0.4, 0.5) is 5.82 Å². The van der Waals surface area contributed by atoms with Crippen LogP contribution >= 0.6 is 11.3 Å². The van der Waals surface area contributed by atoms with Crippen molar-refractivity contribution in [3.8, 4) is 0 Å². The highest BCUT2D eigenvalue weighted by Gasteiger charge is 2.55. The van der Waals surface area contributed by atoms with Gasteiger partial charge in [-0.2, -0.15) is 0 Å². The number of amides is 1. The van der Waals surface area contributed by atoms with Crippen molar-refractivity contribution in [1.82, 2.24) is 14.9 Å². The quantitative estimate of drug-likeness (QED) is 0.750. The van der Waals surface area contributed by atoms with Gasteiger partial charge >= 0.3 is 0 Å². The van der Waals surface area contributed by atoms with E-state index < -0.39 is 15.4 Å². The highest BCUT2D eigenvalue weighted by Crippen LogP contribution is 2.45. The monoisotopic (exact) mass is 376 g/mol. The summed E-state index contributed by atoms with van der Waals surface area (Å²) in [4.78, 5) is 23.6. The molecule has 0 saturated carbocycles. The molecule has 4 rings (SSSR count). The van der Waals surface area contributed by atoms with Gasteiger partial charge in [0.15, 0.2) is 5.82 Å². The summed E-state index contributed by atoms with van der Waals surface area (Å²) in [5, 5.41) is 1.96. The highest BCUT2D eigenvalue weighted by atomic mass is 32.2. The molecule has 2 aromatic rings. The van der Waals surface area contributed by atoms with Crippen molar-refractivity contribution >= 4 is 39.2 Å². The van der Waals surface area contributed by atoms with Gasteiger partial charge in [0.2, 0.25) is 15.9 Å². The first-order chi connectivity index (χ1) is 11.9.